The van der Waals surface area contributed by atoms with Crippen LogP contribution in [0.2, 0.25) is 0 Å². The zero-order chi connectivity index (χ0) is 21.5. The number of nitriles is 1. The average Bonchev–Trinajstić information content (AvgIpc) is 2.77. The number of carbonyl (C=O) groups is 1. The van der Waals surface area contributed by atoms with Crippen molar-refractivity contribution in [3.63, 3.8) is 0 Å². The highest BCUT2D eigenvalue weighted by Crippen LogP contribution is 2.26. The van der Waals surface area contributed by atoms with Gasteiger partial charge < -0.3 is 10.6 Å². The zero-order valence-corrected chi connectivity index (χ0v) is 16.9. The lowest BCUT2D eigenvalue weighted by Crippen LogP contribution is -2.20. The summed E-state index contributed by atoms with van der Waals surface area (Å²) in [6.07, 6.45) is 6.91. The van der Waals surface area contributed by atoms with E-state index in [1.807, 2.05) is 13.0 Å². The van der Waals surface area contributed by atoms with Crippen molar-refractivity contribution in [1.29, 1.82) is 5.26 Å². The van der Waals surface area contributed by atoms with E-state index in [1.165, 1.54) is 54.4 Å². The van der Waals surface area contributed by atoms with Crippen LogP contribution in [0.5, 0.6) is 0 Å². The van der Waals surface area contributed by atoms with Crippen LogP contribution in [0.3, 0.4) is 0 Å². The highest BCUT2D eigenvalue weighted by atomic mass is 16.6. The summed E-state index contributed by atoms with van der Waals surface area (Å²) in [6.45, 7) is 2.05. The molecule has 1 aliphatic carbocycles. The Balaban J connectivity index is 1.69. The van der Waals surface area contributed by atoms with Gasteiger partial charge in [-0.05, 0) is 60.9 Å². The van der Waals surface area contributed by atoms with Crippen molar-refractivity contribution in [2.24, 2.45) is 0 Å². The second kappa shape index (κ2) is 9.70. The first-order chi connectivity index (χ1) is 14.5. The quantitative estimate of drug-likeness (QED) is 0.304. The van der Waals surface area contributed by atoms with Crippen molar-refractivity contribution in [2.45, 2.75) is 45.1 Å². The minimum Gasteiger partial charge on any atom is -0.383 e. The van der Waals surface area contributed by atoms with Crippen LogP contribution in [0.15, 0.2) is 54.2 Å². The number of benzene rings is 2. The number of nitrogens with zero attached hydrogens (tertiary/aromatic N) is 2. The van der Waals surface area contributed by atoms with E-state index < -0.39 is 10.8 Å². The number of fused-ring (bicyclic) bond motifs is 1. The van der Waals surface area contributed by atoms with Gasteiger partial charge in [-0.3, -0.25) is 14.9 Å². The lowest BCUT2D eigenvalue weighted by Gasteiger charge is -2.21. The summed E-state index contributed by atoms with van der Waals surface area (Å²) in [7, 11) is 0. The van der Waals surface area contributed by atoms with E-state index >= 15 is 0 Å². The SMILES string of the molecule is CCC(N/C=C(/C#N)C(=O)Nc1ccc([N+](=O)[O-])cc1)c1ccc2c(c1)CCCC2. The van der Waals surface area contributed by atoms with Gasteiger partial charge in [0, 0.05) is 24.0 Å². The third kappa shape index (κ3) is 5.03. The molecular weight excluding hydrogens is 380 g/mol. The van der Waals surface area contributed by atoms with E-state index in [0.29, 0.717) is 5.69 Å². The highest BCUT2D eigenvalue weighted by Gasteiger charge is 2.15. The van der Waals surface area contributed by atoms with E-state index in [9.17, 15) is 20.2 Å². The zero-order valence-electron chi connectivity index (χ0n) is 16.9. The predicted octanol–water partition coefficient (Wildman–Crippen LogP) is 4.56. The van der Waals surface area contributed by atoms with E-state index in [0.717, 1.165) is 24.8 Å². The number of nitro groups is 1. The fourth-order valence-electron chi connectivity index (χ4n) is 3.62. The first-order valence-corrected chi connectivity index (χ1v) is 10.1. The highest BCUT2D eigenvalue weighted by molar-refractivity contribution is 6.06. The van der Waals surface area contributed by atoms with Gasteiger partial charge in [0.05, 0.1) is 11.0 Å². The van der Waals surface area contributed by atoms with Crippen LogP contribution in [0.1, 0.15) is 48.9 Å². The lowest BCUT2D eigenvalue weighted by atomic mass is 9.89. The molecule has 7 heteroatoms. The van der Waals surface area contributed by atoms with Crippen molar-refractivity contribution >= 4 is 17.3 Å². The van der Waals surface area contributed by atoms with Crippen LogP contribution in [0.25, 0.3) is 0 Å². The van der Waals surface area contributed by atoms with Crippen LogP contribution in [-0.4, -0.2) is 10.8 Å². The largest absolute Gasteiger partial charge is 0.383 e. The van der Waals surface area contributed by atoms with Crippen molar-refractivity contribution < 1.29 is 9.72 Å². The van der Waals surface area contributed by atoms with Gasteiger partial charge in [-0.1, -0.05) is 25.1 Å². The van der Waals surface area contributed by atoms with Gasteiger partial charge in [0.1, 0.15) is 11.6 Å². The minimum atomic E-state index is -0.570. The number of carbonyl (C=O) groups excluding carboxylic acids is 1. The maximum absolute atomic E-state index is 12.4. The summed E-state index contributed by atoms with van der Waals surface area (Å²) >= 11 is 0. The maximum atomic E-state index is 12.4. The summed E-state index contributed by atoms with van der Waals surface area (Å²) in [5.74, 6) is -0.570. The van der Waals surface area contributed by atoms with Crippen molar-refractivity contribution in [3.05, 3.63) is 81.0 Å². The molecular formula is C23H24N4O3. The van der Waals surface area contributed by atoms with E-state index in [2.05, 4.69) is 28.8 Å². The Labute approximate surface area is 175 Å². The topological polar surface area (TPSA) is 108 Å². The third-order valence-electron chi connectivity index (χ3n) is 5.31. The van der Waals surface area contributed by atoms with Gasteiger partial charge in [0.2, 0.25) is 0 Å². The van der Waals surface area contributed by atoms with E-state index in [4.69, 9.17) is 0 Å². The summed E-state index contributed by atoms with van der Waals surface area (Å²) in [5.41, 5.74) is 4.19. The van der Waals surface area contributed by atoms with Crippen molar-refractivity contribution in [2.75, 3.05) is 5.32 Å². The smallest absolute Gasteiger partial charge is 0.269 e. The summed E-state index contributed by atoms with van der Waals surface area (Å²) < 4.78 is 0. The summed E-state index contributed by atoms with van der Waals surface area (Å²) in [6, 6.07) is 13.9. The number of hydrogen-bond acceptors (Lipinski definition) is 5. The van der Waals surface area contributed by atoms with Crippen LogP contribution >= 0.6 is 0 Å². The second-order valence-corrected chi connectivity index (χ2v) is 7.29. The average molecular weight is 404 g/mol. The Morgan fingerprint density at radius 1 is 1.20 bits per heavy atom. The molecule has 2 aromatic rings. The molecule has 1 aliphatic rings. The number of amides is 1. The normalized spacial score (nSPS) is 14.2. The molecule has 0 bridgehead atoms. The molecule has 30 heavy (non-hydrogen) atoms. The number of aryl methyl sites for hydroxylation is 2. The van der Waals surface area contributed by atoms with Gasteiger partial charge in [-0.15, -0.1) is 0 Å². The molecule has 0 fully saturated rings. The molecule has 0 spiro atoms. The molecule has 2 N–H and O–H groups in total. The van der Waals surface area contributed by atoms with Crippen molar-refractivity contribution in [3.8, 4) is 6.07 Å². The number of anilines is 1. The fourth-order valence-corrected chi connectivity index (χ4v) is 3.62. The molecule has 1 atom stereocenters. The molecule has 0 heterocycles. The predicted molar refractivity (Wildman–Crippen MR) is 115 cm³/mol. The Morgan fingerprint density at radius 2 is 1.90 bits per heavy atom. The number of rotatable bonds is 7. The van der Waals surface area contributed by atoms with Crippen LogP contribution in [0, 0.1) is 21.4 Å². The second-order valence-electron chi connectivity index (χ2n) is 7.29. The summed E-state index contributed by atoms with van der Waals surface area (Å²) in [4.78, 5) is 22.6. The fraction of sp³-hybridized carbons (Fsp3) is 0.304. The van der Waals surface area contributed by atoms with Gasteiger partial charge in [0.25, 0.3) is 11.6 Å². The first kappa shape index (κ1) is 21.1. The molecule has 0 saturated heterocycles. The lowest BCUT2D eigenvalue weighted by molar-refractivity contribution is -0.384. The van der Waals surface area contributed by atoms with E-state index in [-0.39, 0.29) is 17.3 Å². The summed E-state index contributed by atoms with van der Waals surface area (Å²) in [5, 5.41) is 25.9. The molecule has 3 rings (SSSR count). The molecule has 2 aromatic carbocycles. The third-order valence-corrected chi connectivity index (χ3v) is 5.31. The standard InChI is InChI=1S/C23H24N4O3/c1-2-22(18-8-7-16-5-3-4-6-17(16)13-18)25-15-19(14-24)23(28)26-20-9-11-21(12-10-20)27(29)30/h7-13,15,22,25H,2-6H2,1H3,(H,26,28)/b19-15-. The molecule has 0 saturated carbocycles. The maximum Gasteiger partial charge on any atom is 0.269 e. The molecule has 0 aliphatic heterocycles. The number of nitrogens with one attached hydrogen (secondary N) is 2. The van der Waals surface area contributed by atoms with Crippen molar-refractivity contribution in [1.82, 2.24) is 5.32 Å². The van der Waals surface area contributed by atoms with Crippen LogP contribution in [-0.2, 0) is 17.6 Å². The molecule has 1 amide bonds. The number of nitro benzene ring substituents is 1. The minimum absolute atomic E-state index is 0.00671. The Morgan fingerprint density at radius 3 is 2.53 bits per heavy atom. The number of hydrogen-bond donors (Lipinski definition) is 2. The Hall–Kier alpha value is -3.66. The molecule has 0 aromatic heterocycles. The van der Waals surface area contributed by atoms with Crippen LogP contribution < -0.4 is 10.6 Å². The Kier molecular flexibility index (Phi) is 6.81. The molecule has 7 nitrogen and oxygen atoms in total. The molecule has 1 unspecified atom stereocenters. The Bertz CT molecular complexity index is 1010. The van der Waals surface area contributed by atoms with Gasteiger partial charge in [-0.2, -0.15) is 5.26 Å². The molecule has 0 radical (unpaired) electrons. The van der Waals surface area contributed by atoms with Gasteiger partial charge >= 0.3 is 0 Å². The van der Waals surface area contributed by atoms with Gasteiger partial charge in [0.15, 0.2) is 0 Å². The first-order valence-electron chi connectivity index (χ1n) is 10.1. The van der Waals surface area contributed by atoms with E-state index in [1.54, 1.807) is 0 Å². The van der Waals surface area contributed by atoms with Crippen LogP contribution in [0.4, 0.5) is 11.4 Å². The van der Waals surface area contributed by atoms with Gasteiger partial charge in [-0.25, -0.2) is 0 Å². The monoisotopic (exact) mass is 404 g/mol. The number of non-ortho nitro benzene ring substituents is 1. The molecule has 154 valence electrons.